The first-order valence-electron chi connectivity index (χ1n) is 3.89. The normalized spacial score (nSPS) is 11.6. The topological polar surface area (TPSA) is 43.4 Å². The molecule has 0 N–H and O–H groups in total. The van der Waals surface area contributed by atoms with Gasteiger partial charge in [0.25, 0.3) is 0 Å². The minimum Gasteiger partial charge on any atom is -0.492 e. The lowest BCUT2D eigenvalue weighted by atomic mass is 10.2. The highest BCUT2D eigenvalue weighted by Gasteiger charge is 2.21. The molecule has 0 bridgehead atoms. The molecule has 0 saturated carbocycles. The number of ether oxygens (including phenoxy) is 1. The molecule has 0 saturated heterocycles. The van der Waals surface area contributed by atoms with Crippen molar-refractivity contribution in [1.82, 2.24) is 0 Å². The van der Waals surface area contributed by atoms with Gasteiger partial charge < -0.3 is 4.74 Å². The van der Waals surface area contributed by atoms with E-state index < -0.39 is 37.8 Å². The van der Waals surface area contributed by atoms with Crippen molar-refractivity contribution in [3.63, 3.8) is 0 Å². The minimum atomic E-state index is -3.99. The van der Waals surface area contributed by atoms with Crippen LogP contribution in [0.2, 0.25) is 5.02 Å². The molecule has 0 aliphatic rings. The van der Waals surface area contributed by atoms with Crippen LogP contribution in [0.1, 0.15) is 5.56 Å². The van der Waals surface area contributed by atoms with Crippen molar-refractivity contribution in [1.29, 1.82) is 0 Å². The summed E-state index contributed by atoms with van der Waals surface area (Å²) in [4.78, 5) is 0. The molecule has 1 aromatic carbocycles. The van der Waals surface area contributed by atoms with Gasteiger partial charge in [0.2, 0.25) is 14.9 Å². The zero-order valence-electron chi connectivity index (χ0n) is 7.93. The lowest BCUT2D eigenvalue weighted by Crippen LogP contribution is -2.03. The van der Waals surface area contributed by atoms with Gasteiger partial charge in [-0.2, -0.15) is 4.39 Å². The molecule has 3 nitrogen and oxygen atoms in total. The number of hydrogen-bond acceptors (Lipinski definition) is 3. The van der Waals surface area contributed by atoms with Gasteiger partial charge in [0.05, 0.1) is 17.9 Å². The fraction of sp³-hybridized carbons (Fsp3) is 0.250. The van der Waals surface area contributed by atoms with Gasteiger partial charge in [-0.3, -0.25) is 0 Å². The van der Waals surface area contributed by atoms with Crippen molar-refractivity contribution in [2.75, 3.05) is 7.11 Å². The quantitative estimate of drug-likeness (QED) is 0.635. The van der Waals surface area contributed by atoms with Crippen molar-refractivity contribution >= 4 is 31.3 Å². The number of methoxy groups -OCH3 is 1. The van der Waals surface area contributed by atoms with Crippen LogP contribution >= 0.6 is 22.3 Å². The summed E-state index contributed by atoms with van der Waals surface area (Å²) in [5.41, 5.74) is -0.446. The van der Waals surface area contributed by atoms with Gasteiger partial charge in [-0.05, 0) is 6.07 Å². The second-order valence-corrected chi connectivity index (χ2v) is 6.05. The molecule has 0 fully saturated rings. The molecular formula is C8H6Cl2F2O3S. The molecule has 0 aliphatic carbocycles. The summed E-state index contributed by atoms with van der Waals surface area (Å²) >= 11 is 5.57. The fourth-order valence-electron chi connectivity index (χ4n) is 1.11. The van der Waals surface area contributed by atoms with E-state index >= 15 is 0 Å². The highest BCUT2D eigenvalue weighted by Crippen LogP contribution is 2.32. The van der Waals surface area contributed by atoms with Gasteiger partial charge >= 0.3 is 0 Å². The van der Waals surface area contributed by atoms with E-state index in [-0.39, 0.29) is 5.02 Å². The van der Waals surface area contributed by atoms with Crippen molar-refractivity contribution in [2.45, 2.75) is 5.75 Å². The standard InChI is InChI=1S/C8H6Cl2F2O3S/c1-15-8-5(9)2-4(3-16(10,13)14)6(11)7(8)12/h2H,3H2,1H3. The van der Waals surface area contributed by atoms with E-state index in [1.165, 1.54) is 0 Å². The third-order valence-corrected chi connectivity index (χ3v) is 2.99. The van der Waals surface area contributed by atoms with Crippen molar-refractivity contribution < 1.29 is 21.9 Å². The van der Waals surface area contributed by atoms with Crippen LogP contribution in [0.4, 0.5) is 8.78 Å². The number of halogens is 4. The summed E-state index contributed by atoms with van der Waals surface area (Å²) in [5, 5.41) is -0.225. The number of benzene rings is 1. The first kappa shape index (κ1) is 13.5. The smallest absolute Gasteiger partial charge is 0.236 e. The number of hydrogen-bond donors (Lipinski definition) is 0. The summed E-state index contributed by atoms with van der Waals surface area (Å²) < 4.78 is 52.6. The molecule has 0 spiro atoms. The molecule has 1 rings (SSSR count). The molecule has 0 aliphatic heterocycles. The third kappa shape index (κ3) is 2.96. The highest BCUT2D eigenvalue weighted by atomic mass is 35.7. The van der Waals surface area contributed by atoms with E-state index in [4.69, 9.17) is 22.3 Å². The molecule has 0 unspecified atom stereocenters. The zero-order chi connectivity index (χ0) is 12.5. The highest BCUT2D eigenvalue weighted by molar-refractivity contribution is 8.13. The third-order valence-electron chi connectivity index (χ3n) is 1.72. The molecule has 0 amide bonds. The summed E-state index contributed by atoms with van der Waals surface area (Å²) in [6, 6.07) is 0.957. The maximum absolute atomic E-state index is 13.3. The van der Waals surface area contributed by atoms with E-state index in [0.29, 0.717) is 0 Å². The molecule has 16 heavy (non-hydrogen) atoms. The van der Waals surface area contributed by atoms with Crippen LogP contribution in [-0.4, -0.2) is 15.5 Å². The second kappa shape index (κ2) is 4.73. The minimum absolute atomic E-state index is 0.225. The summed E-state index contributed by atoms with van der Waals surface area (Å²) in [7, 11) is 2.05. The Kier molecular flexibility index (Phi) is 3.98. The lowest BCUT2D eigenvalue weighted by molar-refractivity contribution is 0.371. The van der Waals surface area contributed by atoms with Crippen LogP contribution in [0.25, 0.3) is 0 Å². The van der Waals surface area contributed by atoms with Crippen LogP contribution in [0.3, 0.4) is 0 Å². The Balaban J connectivity index is 3.34. The number of rotatable bonds is 3. The van der Waals surface area contributed by atoms with Crippen LogP contribution in [0, 0.1) is 11.6 Å². The molecule has 0 aromatic heterocycles. The average molecular weight is 291 g/mol. The second-order valence-electron chi connectivity index (χ2n) is 2.86. The van der Waals surface area contributed by atoms with E-state index in [1.54, 1.807) is 0 Å². The van der Waals surface area contributed by atoms with Gasteiger partial charge in [0.1, 0.15) is 0 Å². The Hall–Kier alpha value is -0.590. The van der Waals surface area contributed by atoms with E-state index in [1.807, 2.05) is 0 Å². The fourth-order valence-corrected chi connectivity index (χ4v) is 2.33. The zero-order valence-corrected chi connectivity index (χ0v) is 10.3. The van der Waals surface area contributed by atoms with Crippen LogP contribution in [0.15, 0.2) is 6.07 Å². The first-order valence-corrected chi connectivity index (χ1v) is 6.74. The Labute approximate surface area is 100 Å². The molecule has 0 atom stereocenters. The Bertz CT molecular complexity index is 517. The maximum Gasteiger partial charge on any atom is 0.236 e. The van der Waals surface area contributed by atoms with Gasteiger partial charge in [-0.1, -0.05) is 11.6 Å². The summed E-state index contributed by atoms with van der Waals surface area (Å²) in [5.74, 6) is -4.01. The Morgan fingerprint density at radius 1 is 1.38 bits per heavy atom. The largest absolute Gasteiger partial charge is 0.492 e. The monoisotopic (exact) mass is 290 g/mol. The lowest BCUT2D eigenvalue weighted by Gasteiger charge is -2.08. The molecular weight excluding hydrogens is 285 g/mol. The van der Waals surface area contributed by atoms with Crippen LogP contribution < -0.4 is 4.74 Å². The molecule has 0 heterocycles. The van der Waals surface area contributed by atoms with E-state index in [0.717, 1.165) is 13.2 Å². The van der Waals surface area contributed by atoms with Crippen LogP contribution in [-0.2, 0) is 14.8 Å². The average Bonchev–Trinajstić information content (AvgIpc) is 2.12. The van der Waals surface area contributed by atoms with Gasteiger partial charge in [-0.25, -0.2) is 12.8 Å². The van der Waals surface area contributed by atoms with Crippen molar-refractivity contribution in [3.8, 4) is 5.75 Å². The molecule has 90 valence electrons. The summed E-state index contributed by atoms with van der Waals surface area (Å²) in [6.07, 6.45) is 0. The Morgan fingerprint density at radius 2 is 1.94 bits per heavy atom. The predicted octanol–water partition coefficient (Wildman–Crippen LogP) is 2.70. The van der Waals surface area contributed by atoms with E-state index in [9.17, 15) is 17.2 Å². The Morgan fingerprint density at radius 3 is 2.38 bits per heavy atom. The van der Waals surface area contributed by atoms with Gasteiger partial charge in [0, 0.05) is 16.2 Å². The molecule has 0 radical (unpaired) electrons. The molecule has 1 aromatic rings. The maximum atomic E-state index is 13.3. The van der Waals surface area contributed by atoms with Crippen LogP contribution in [0.5, 0.6) is 5.75 Å². The SMILES string of the molecule is COc1c(Cl)cc(CS(=O)(=O)Cl)c(F)c1F. The predicted molar refractivity (Wildman–Crippen MR) is 56.4 cm³/mol. The van der Waals surface area contributed by atoms with Crippen molar-refractivity contribution in [2.24, 2.45) is 0 Å². The van der Waals surface area contributed by atoms with Gasteiger partial charge in [0.15, 0.2) is 11.6 Å². The summed E-state index contributed by atoms with van der Waals surface area (Å²) in [6.45, 7) is 0. The van der Waals surface area contributed by atoms with Gasteiger partial charge in [-0.15, -0.1) is 0 Å². The van der Waals surface area contributed by atoms with Crippen molar-refractivity contribution in [3.05, 3.63) is 28.3 Å². The van der Waals surface area contributed by atoms with E-state index in [2.05, 4.69) is 4.74 Å². The first-order chi connectivity index (χ1) is 7.26. The molecule has 8 heteroatoms.